The molecule has 0 radical (unpaired) electrons. The van der Waals surface area contributed by atoms with E-state index in [0.29, 0.717) is 0 Å². The number of hydrogen-bond donors (Lipinski definition) is 0. The van der Waals surface area contributed by atoms with E-state index in [0.717, 1.165) is 22.4 Å². The topological polar surface area (TPSA) is 32.8 Å². The molecule has 3 atom stereocenters. The summed E-state index contributed by atoms with van der Waals surface area (Å²) in [4.78, 5) is 14.8. The van der Waals surface area contributed by atoms with Gasteiger partial charge in [-0.15, -0.1) is 0 Å². The molecule has 0 aliphatic carbocycles. The van der Waals surface area contributed by atoms with Gasteiger partial charge in [-0.05, 0) is 32.0 Å². The molecule has 1 amide bonds. The third kappa shape index (κ3) is 1.88. The molecule has 0 unspecified atom stereocenters. The molecular weight excluding hydrogens is 262 g/mol. The van der Waals surface area contributed by atoms with Crippen molar-refractivity contribution in [3.8, 4) is 0 Å². The highest BCUT2D eigenvalue weighted by atomic mass is 16.6. The Morgan fingerprint density at radius 1 is 1.10 bits per heavy atom. The molecule has 2 heterocycles. The lowest BCUT2D eigenvalue weighted by Gasteiger charge is -2.33. The van der Waals surface area contributed by atoms with Crippen LogP contribution in [0.3, 0.4) is 0 Å². The maximum atomic E-state index is 12.9. The SMILES string of the molecule is Cc1ccc(C(=O)N2c3ccccc3[C@H]3O[C@H]3[C@H]2C)cc1. The second-order valence-electron chi connectivity index (χ2n) is 5.86. The van der Waals surface area contributed by atoms with Crippen LogP contribution in [0.15, 0.2) is 48.5 Å². The molecule has 0 spiro atoms. The molecule has 2 aromatic carbocycles. The summed E-state index contributed by atoms with van der Waals surface area (Å²) in [6.07, 6.45) is 0.299. The molecule has 0 saturated carbocycles. The minimum atomic E-state index is 0.0453. The number of epoxide rings is 1. The fourth-order valence-electron chi connectivity index (χ4n) is 3.18. The first-order chi connectivity index (χ1) is 10.2. The van der Waals surface area contributed by atoms with Crippen molar-refractivity contribution in [1.29, 1.82) is 0 Å². The first-order valence-electron chi connectivity index (χ1n) is 7.31. The normalized spacial score (nSPS) is 26.0. The van der Waals surface area contributed by atoms with E-state index in [9.17, 15) is 4.79 Å². The van der Waals surface area contributed by atoms with E-state index in [4.69, 9.17) is 4.74 Å². The van der Waals surface area contributed by atoms with Crippen LogP contribution in [0.2, 0.25) is 0 Å². The molecule has 2 aliphatic heterocycles. The van der Waals surface area contributed by atoms with Crippen LogP contribution in [0.4, 0.5) is 5.69 Å². The third-order valence-corrected chi connectivity index (χ3v) is 4.43. The van der Waals surface area contributed by atoms with E-state index in [-0.39, 0.29) is 24.2 Å². The average Bonchev–Trinajstić information content (AvgIpc) is 3.29. The predicted octanol–water partition coefficient (Wildman–Crippen LogP) is 3.48. The highest BCUT2D eigenvalue weighted by molar-refractivity contribution is 6.07. The standard InChI is InChI=1S/C18H17NO2/c1-11-7-9-13(10-8-11)18(20)19-12(2)16-17(21-16)14-5-3-4-6-15(14)19/h3-10,12,16-17H,1-2H3/t12-,16+,17-/m1/s1. The molecular formula is C18H17NO2. The zero-order valence-electron chi connectivity index (χ0n) is 12.1. The Balaban J connectivity index is 1.77. The van der Waals surface area contributed by atoms with Gasteiger partial charge in [-0.1, -0.05) is 35.9 Å². The molecule has 3 nitrogen and oxygen atoms in total. The van der Waals surface area contributed by atoms with Crippen LogP contribution in [0.5, 0.6) is 0 Å². The number of aryl methyl sites for hydroxylation is 1. The Morgan fingerprint density at radius 2 is 1.81 bits per heavy atom. The summed E-state index contributed by atoms with van der Waals surface area (Å²) in [7, 11) is 0. The summed E-state index contributed by atoms with van der Waals surface area (Å²) >= 11 is 0. The van der Waals surface area contributed by atoms with Crippen molar-refractivity contribution in [3.63, 3.8) is 0 Å². The maximum Gasteiger partial charge on any atom is 0.258 e. The van der Waals surface area contributed by atoms with Crippen LogP contribution in [0.1, 0.15) is 34.5 Å². The van der Waals surface area contributed by atoms with E-state index in [2.05, 4.69) is 13.0 Å². The number of ether oxygens (including phenoxy) is 1. The number of rotatable bonds is 1. The van der Waals surface area contributed by atoms with Crippen LogP contribution in [0.25, 0.3) is 0 Å². The van der Waals surface area contributed by atoms with E-state index < -0.39 is 0 Å². The zero-order valence-corrected chi connectivity index (χ0v) is 12.1. The van der Waals surface area contributed by atoms with Crippen molar-refractivity contribution in [2.75, 3.05) is 4.90 Å². The van der Waals surface area contributed by atoms with Gasteiger partial charge in [0.05, 0.1) is 11.7 Å². The second-order valence-corrected chi connectivity index (χ2v) is 5.86. The molecule has 0 aromatic heterocycles. The molecule has 1 saturated heterocycles. The zero-order chi connectivity index (χ0) is 14.6. The summed E-state index contributed by atoms with van der Waals surface area (Å²) < 4.78 is 5.76. The number of anilines is 1. The number of para-hydroxylation sites is 1. The largest absolute Gasteiger partial charge is 0.362 e. The van der Waals surface area contributed by atoms with Gasteiger partial charge in [0.25, 0.3) is 5.91 Å². The summed E-state index contributed by atoms with van der Waals surface area (Å²) in [5.74, 6) is 0.0453. The number of amides is 1. The average molecular weight is 279 g/mol. The predicted molar refractivity (Wildman–Crippen MR) is 81.5 cm³/mol. The van der Waals surface area contributed by atoms with Gasteiger partial charge in [-0.3, -0.25) is 4.79 Å². The first-order valence-corrected chi connectivity index (χ1v) is 7.31. The Kier molecular flexibility index (Phi) is 2.66. The second kappa shape index (κ2) is 4.43. The highest BCUT2D eigenvalue weighted by Crippen LogP contribution is 2.51. The van der Waals surface area contributed by atoms with Gasteiger partial charge >= 0.3 is 0 Å². The lowest BCUT2D eigenvalue weighted by molar-refractivity contribution is 0.0973. The fraction of sp³-hybridized carbons (Fsp3) is 0.278. The van der Waals surface area contributed by atoms with Gasteiger partial charge in [-0.25, -0.2) is 0 Å². The molecule has 0 bridgehead atoms. The summed E-state index contributed by atoms with van der Waals surface area (Å²) in [6.45, 7) is 4.09. The van der Waals surface area contributed by atoms with Crippen molar-refractivity contribution in [1.82, 2.24) is 0 Å². The van der Waals surface area contributed by atoms with Gasteiger partial charge in [0, 0.05) is 11.1 Å². The number of hydrogen-bond acceptors (Lipinski definition) is 2. The summed E-state index contributed by atoms with van der Waals surface area (Å²) in [6, 6.07) is 15.9. The monoisotopic (exact) mass is 279 g/mol. The minimum absolute atomic E-state index is 0.0453. The molecule has 2 aliphatic rings. The molecule has 1 fully saturated rings. The molecule has 106 valence electrons. The number of benzene rings is 2. The van der Waals surface area contributed by atoms with Gasteiger partial charge in [-0.2, -0.15) is 0 Å². The molecule has 2 aromatic rings. The Bertz CT molecular complexity index is 707. The maximum absolute atomic E-state index is 12.9. The molecule has 21 heavy (non-hydrogen) atoms. The molecule has 4 rings (SSSR count). The summed E-state index contributed by atoms with van der Waals surface area (Å²) in [5.41, 5.74) is 3.99. The smallest absolute Gasteiger partial charge is 0.258 e. The lowest BCUT2D eigenvalue weighted by atomic mass is 9.95. The van der Waals surface area contributed by atoms with Gasteiger partial charge < -0.3 is 9.64 Å². The van der Waals surface area contributed by atoms with Crippen molar-refractivity contribution in [2.45, 2.75) is 32.1 Å². The first kappa shape index (κ1) is 12.6. The van der Waals surface area contributed by atoms with E-state index in [1.54, 1.807) is 0 Å². The van der Waals surface area contributed by atoms with Crippen LogP contribution >= 0.6 is 0 Å². The Morgan fingerprint density at radius 3 is 2.57 bits per heavy atom. The van der Waals surface area contributed by atoms with Crippen molar-refractivity contribution >= 4 is 11.6 Å². The molecule has 3 heteroatoms. The van der Waals surface area contributed by atoms with Crippen LogP contribution in [-0.2, 0) is 4.74 Å². The van der Waals surface area contributed by atoms with Crippen molar-refractivity contribution in [3.05, 3.63) is 65.2 Å². The summed E-state index contributed by atoms with van der Waals surface area (Å²) in [5, 5.41) is 0. The van der Waals surface area contributed by atoms with Crippen LogP contribution in [-0.4, -0.2) is 18.1 Å². The number of fused-ring (bicyclic) bond motifs is 3. The van der Waals surface area contributed by atoms with Crippen molar-refractivity contribution in [2.24, 2.45) is 0 Å². The lowest BCUT2D eigenvalue weighted by Crippen LogP contribution is -2.44. The fourth-order valence-corrected chi connectivity index (χ4v) is 3.18. The van der Waals surface area contributed by atoms with Crippen molar-refractivity contribution < 1.29 is 9.53 Å². The van der Waals surface area contributed by atoms with Crippen LogP contribution < -0.4 is 4.90 Å². The van der Waals surface area contributed by atoms with E-state index >= 15 is 0 Å². The van der Waals surface area contributed by atoms with Crippen LogP contribution in [0, 0.1) is 6.92 Å². The van der Waals surface area contributed by atoms with E-state index in [1.807, 2.05) is 54.3 Å². The van der Waals surface area contributed by atoms with E-state index in [1.165, 1.54) is 0 Å². The number of carbonyl (C=O) groups excluding carboxylic acids is 1. The molecule has 0 N–H and O–H groups in total. The highest BCUT2D eigenvalue weighted by Gasteiger charge is 2.52. The Hall–Kier alpha value is -2.13. The quantitative estimate of drug-likeness (QED) is 0.749. The Labute approximate surface area is 124 Å². The number of carbonyl (C=O) groups is 1. The van der Waals surface area contributed by atoms with Gasteiger partial charge in [0.2, 0.25) is 0 Å². The minimum Gasteiger partial charge on any atom is -0.362 e. The van der Waals surface area contributed by atoms with Gasteiger partial charge in [0.15, 0.2) is 0 Å². The number of nitrogens with zero attached hydrogens (tertiary/aromatic N) is 1. The van der Waals surface area contributed by atoms with Gasteiger partial charge in [0.1, 0.15) is 12.2 Å². The third-order valence-electron chi connectivity index (χ3n) is 4.43.